The maximum atomic E-state index is 11.7. The van der Waals surface area contributed by atoms with Crippen LogP contribution >= 0.6 is 0 Å². The van der Waals surface area contributed by atoms with Gasteiger partial charge in [-0.25, -0.2) is 0 Å². The van der Waals surface area contributed by atoms with E-state index in [1.165, 1.54) is 28.3 Å². The molecule has 0 bridgehead atoms. The Morgan fingerprint density at radius 3 is 2.56 bits per heavy atom. The van der Waals surface area contributed by atoms with Gasteiger partial charge in [0.15, 0.2) is 0 Å². The number of nitrogens with one attached hydrogen (secondary N) is 1. The number of rotatable bonds is 4. The summed E-state index contributed by atoms with van der Waals surface area (Å²) in [6.07, 6.45) is 4.81. The van der Waals surface area contributed by atoms with E-state index in [1.54, 1.807) is 0 Å². The number of nitrogens with zero attached hydrogens (tertiary/aromatic N) is 1. The van der Waals surface area contributed by atoms with Gasteiger partial charge in [-0.1, -0.05) is 18.2 Å². The van der Waals surface area contributed by atoms with Crippen LogP contribution in [0.4, 0.5) is 0 Å². The lowest BCUT2D eigenvalue weighted by Crippen LogP contribution is -2.29. The van der Waals surface area contributed by atoms with Gasteiger partial charge in [0.25, 0.3) is 10.2 Å². The van der Waals surface area contributed by atoms with E-state index in [2.05, 4.69) is 16.9 Å². The van der Waals surface area contributed by atoms with Gasteiger partial charge in [-0.2, -0.15) is 17.4 Å². The van der Waals surface area contributed by atoms with Crippen molar-refractivity contribution in [2.24, 2.45) is 0 Å². The van der Waals surface area contributed by atoms with Crippen LogP contribution in [-0.2, 0) is 29.6 Å². The summed E-state index contributed by atoms with van der Waals surface area (Å²) in [5.41, 5.74) is 3.88. The van der Waals surface area contributed by atoms with Gasteiger partial charge in [-0.3, -0.25) is 0 Å². The molecule has 0 spiro atoms. The van der Waals surface area contributed by atoms with Crippen molar-refractivity contribution in [3.8, 4) is 0 Å². The zero-order chi connectivity index (χ0) is 12.6. The van der Waals surface area contributed by atoms with Crippen molar-refractivity contribution in [1.29, 1.82) is 0 Å². The first-order chi connectivity index (χ1) is 8.65. The molecule has 0 atom stereocenters. The predicted molar refractivity (Wildman–Crippen MR) is 70.4 cm³/mol. The van der Waals surface area contributed by atoms with E-state index in [4.69, 9.17) is 0 Å². The van der Waals surface area contributed by atoms with Crippen molar-refractivity contribution < 1.29 is 8.42 Å². The first-order valence-corrected chi connectivity index (χ1v) is 7.94. The molecule has 1 aliphatic heterocycles. The van der Waals surface area contributed by atoms with Crippen LogP contribution in [-0.4, -0.2) is 25.8 Å². The summed E-state index contributed by atoms with van der Waals surface area (Å²) in [5, 5.41) is 0. The van der Waals surface area contributed by atoms with Crippen LogP contribution in [0, 0.1) is 0 Å². The number of aryl methyl sites for hydroxylation is 2. The molecule has 1 N–H and O–H groups in total. The summed E-state index contributed by atoms with van der Waals surface area (Å²) in [6, 6.07) is 6.34. The Morgan fingerprint density at radius 2 is 1.83 bits per heavy atom. The number of fused-ring (bicyclic) bond motifs is 1. The molecule has 1 aliphatic carbocycles. The fourth-order valence-electron chi connectivity index (χ4n) is 2.44. The molecule has 4 nitrogen and oxygen atoms in total. The van der Waals surface area contributed by atoms with E-state index in [0.29, 0.717) is 19.6 Å². The van der Waals surface area contributed by atoms with E-state index < -0.39 is 10.2 Å². The minimum atomic E-state index is -3.22. The third kappa shape index (κ3) is 2.58. The molecule has 98 valence electrons. The number of hydrogen-bond acceptors (Lipinski definition) is 2. The lowest BCUT2D eigenvalue weighted by atomic mass is 9.90. The molecule has 2 aliphatic rings. The van der Waals surface area contributed by atoms with Crippen molar-refractivity contribution in [3.05, 3.63) is 34.9 Å². The molecule has 0 aromatic heterocycles. The predicted octanol–water partition coefficient (Wildman–Crippen LogP) is 1.22. The van der Waals surface area contributed by atoms with Gasteiger partial charge < -0.3 is 0 Å². The smallest absolute Gasteiger partial charge is 0.198 e. The Labute approximate surface area is 108 Å². The molecule has 5 heteroatoms. The Kier molecular flexibility index (Phi) is 3.13. The van der Waals surface area contributed by atoms with Gasteiger partial charge in [0, 0.05) is 19.6 Å². The second-order valence-corrected chi connectivity index (χ2v) is 6.79. The highest BCUT2D eigenvalue weighted by atomic mass is 32.2. The highest BCUT2D eigenvalue weighted by molar-refractivity contribution is 7.87. The molecule has 3 rings (SSSR count). The summed E-state index contributed by atoms with van der Waals surface area (Å²) in [6.45, 7) is 1.70. The quantitative estimate of drug-likeness (QED) is 0.833. The van der Waals surface area contributed by atoms with E-state index >= 15 is 0 Å². The summed E-state index contributed by atoms with van der Waals surface area (Å²) < 4.78 is 27.4. The molecule has 1 aromatic carbocycles. The highest BCUT2D eigenvalue weighted by Crippen LogP contribution is 2.22. The highest BCUT2D eigenvalue weighted by Gasteiger charge is 2.31. The van der Waals surface area contributed by atoms with Gasteiger partial charge in [0.1, 0.15) is 0 Å². The first kappa shape index (κ1) is 12.1. The second kappa shape index (κ2) is 4.64. The molecular formula is C13H18N2O2S. The molecule has 0 saturated carbocycles. The van der Waals surface area contributed by atoms with Gasteiger partial charge >= 0.3 is 0 Å². The lowest BCUT2D eigenvalue weighted by molar-refractivity contribution is 0.546. The van der Waals surface area contributed by atoms with E-state index in [1.807, 2.05) is 6.07 Å². The summed E-state index contributed by atoms with van der Waals surface area (Å²) in [7, 11) is -3.22. The number of benzene rings is 1. The van der Waals surface area contributed by atoms with E-state index in [9.17, 15) is 8.42 Å². The summed E-state index contributed by atoms with van der Waals surface area (Å²) in [4.78, 5) is 0. The lowest BCUT2D eigenvalue weighted by Gasteiger charge is -2.16. The van der Waals surface area contributed by atoms with Crippen molar-refractivity contribution in [3.63, 3.8) is 0 Å². The Morgan fingerprint density at radius 1 is 1.11 bits per heavy atom. The summed E-state index contributed by atoms with van der Waals surface area (Å²) >= 11 is 0. The minimum absolute atomic E-state index is 0.395. The second-order valence-electron chi connectivity index (χ2n) is 5.04. The molecule has 1 saturated heterocycles. The SMILES string of the molecule is O=S(=O)(NCc1ccc2c(c1)CCCC2)N1CC1. The standard InChI is InChI=1S/C13H18N2O2S/c16-18(17,15-7-8-15)14-10-11-5-6-12-3-1-2-4-13(12)9-11/h5-6,9,14H,1-4,7-8,10H2. The maximum Gasteiger partial charge on any atom is 0.279 e. The zero-order valence-corrected chi connectivity index (χ0v) is 11.2. The van der Waals surface area contributed by atoms with Crippen LogP contribution in [0.25, 0.3) is 0 Å². The van der Waals surface area contributed by atoms with Crippen molar-refractivity contribution in [1.82, 2.24) is 9.03 Å². The van der Waals surface area contributed by atoms with Crippen LogP contribution in [0.1, 0.15) is 29.5 Å². The van der Waals surface area contributed by atoms with Crippen molar-refractivity contribution in [2.75, 3.05) is 13.1 Å². The van der Waals surface area contributed by atoms with Gasteiger partial charge in [0.2, 0.25) is 0 Å². The molecular weight excluding hydrogens is 248 g/mol. The van der Waals surface area contributed by atoms with Crippen LogP contribution in [0.15, 0.2) is 18.2 Å². The first-order valence-electron chi connectivity index (χ1n) is 6.50. The Balaban J connectivity index is 1.69. The largest absolute Gasteiger partial charge is 0.279 e. The molecule has 1 fully saturated rings. The average Bonchev–Trinajstić information content (AvgIpc) is 3.21. The topological polar surface area (TPSA) is 49.2 Å². The molecule has 18 heavy (non-hydrogen) atoms. The minimum Gasteiger partial charge on any atom is -0.198 e. The van der Waals surface area contributed by atoms with Gasteiger partial charge in [-0.15, -0.1) is 0 Å². The van der Waals surface area contributed by atoms with Crippen LogP contribution in [0.5, 0.6) is 0 Å². The van der Waals surface area contributed by atoms with Crippen LogP contribution in [0.3, 0.4) is 0 Å². The summed E-state index contributed by atoms with van der Waals surface area (Å²) in [5.74, 6) is 0. The molecule has 1 aromatic rings. The number of hydrogen-bond donors (Lipinski definition) is 1. The molecule has 1 heterocycles. The van der Waals surface area contributed by atoms with Gasteiger partial charge in [-0.05, 0) is 42.4 Å². The van der Waals surface area contributed by atoms with Crippen molar-refractivity contribution >= 4 is 10.2 Å². The fraction of sp³-hybridized carbons (Fsp3) is 0.538. The average molecular weight is 266 g/mol. The normalized spacial score (nSPS) is 19.6. The van der Waals surface area contributed by atoms with Crippen molar-refractivity contribution in [2.45, 2.75) is 32.2 Å². The Bertz CT molecular complexity index is 550. The zero-order valence-electron chi connectivity index (χ0n) is 10.4. The molecule has 0 unspecified atom stereocenters. The third-order valence-corrected chi connectivity index (χ3v) is 5.17. The van der Waals surface area contributed by atoms with Gasteiger partial charge in [0.05, 0.1) is 0 Å². The monoisotopic (exact) mass is 266 g/mol. The maximum absolute atomic E-state index is 11.7. The molecule has 0 radical (unpaired) electrons. The molecule has 0 amide bonds. The van der Waals surface area contributed by atoms with Crippen LogP contribution in [0.2, 0.25) is 0 Å². The Hall–Kier alpha value is -0.910. The van der Waals surface area contributed by atoms with E-state index in [-0.39, 0.29) is 0 Å². The van der Waals surface area contributed by atoms with Crippen LogP contribution < -0.4 is 4.72 Å². The third-order valence-electron chi connectivity index (χ3n) is 3.62. The van der Waals surface area contributed by atoms with E-state index in [0.717, 1.165) is 18.4 Å². The fourth-order valence-corrected chi connectivity index (χ4v) is 3.54.